The van der Waals surface area contributed by atoms with Crippen molar-refractivity contribution in [1.29, 1.82) is 0 Å². The number of rotatable bonds is 6. The van der Waals surface area contributed by atoms with E-state index in [4.69, 9.17) is 27.9 Å². The van der Waals surface area contributed by atoms with Gasteiger partial charge >= 0.3 is 11.8 Å². The minimum atomic E-state index is -0.950. The Morgan fingerprint density at radius 2 is 1.71 bits per heavy atom. The minimum absolute atomic E-state index is 0.254. The highest BCUT2D eigenvalue weighted by atomic mass is 35.5. The largest absolute Gasteiger partial charge is 0.497 e. The van der Waals surface area contributed by atoms with E-state index in [0.717, 1.165) is 11.3 Å². The van der Waals surface area contributed by atoms with E-state index in [0.29, 0.717) is 27.7 Å². The maximum absolute atomic E-state index is 12.2. The SMILES string of the molecule is COc1ccc(-c2nn(-c3ccccc3)cc2/C=N\NC(=O)C(=O)Nc2ccc(Cl)c(Cl)c2)cc1. The number of hydrazone groups is 1. The van der Waals surface area contributed by atoms with Crippen molar-refractivity contribution in [2.24, 2.45) is 5.10 Å². The topological polar surface area (TPSA) is 97.6 Å². The highest BCUT2D eigenvalue weighted by Gasteiger charge is 2.15. The fraction of sp³-hybridized carbons (Fsp3) is 0.0400. The monoisotopic (exact) mass is 507 g/mol. The Morgan fingerprint density at radius 3 is 2.40 bits per heavy atom. The van der Waals surface area contributed by atoms with E-state index in [1.807, 2.05) is 54.6 Å². The van der Waals surface area contributed by atoms with E-state index in [-0.39, 0.29) is 5.02 Å². The fourth-order valence-corrected chi connectivity index (χ4v) is 3.44. The van der Waals surface area contributed by atoms with Gasteiger partial charge in [0, 0.05) is 23.0 Å². The average Bonchev–Trinajstić information content (AvgIpc) is 3.31. The molecule has 2 amide bonds. The molecule has 0 spiro atoms. The molecule has 0 aliphatic rings. The number of anilines is 1. The number of hydrogen-bond donors (Lipinski definition) is 2. The first-order valence-corrected chi connectivity index (χ1v) is 11.1. The number of aromatic nitrogens is 2. The van der Waals surface area contributed by atoms with Gasteiger partial charge in [-0.3, -0.25) is 9.59 Å². The smallest absolute Gasteiger partial charge is 0.329 e. The van der Waals surface area contributed by atoms with Crippen molar-refractivity contribution in [2.45, 2.75) is 0 Å². The predicted molar refractivity (Wildman–Crippen MR) is 136 cm³/mol. The predicted octanol–water partition coefficient (Wildman–Crippen LogP) is 4.94. The number of benzene rings is 3. The Balaban J connectivity index is 1.53. The summed E-state index contributed by atoms with van der Waals surface area (Å²) in [6.07, 6.45) is 3.21. The van der Waals surface area contributed by atoms with Crippen molar-refractivity contribution >= 4 is 46.9 Å². The number of carbonyl (C=O) groups excluding carboxylic acids is 2. The summed E-state index contributed by atoms with van der Waals surface area (Å²) in [6.45, 7) is 0. The van der Waals surface area contributed by atoms with Crippen LogP contribution in [0.1, 0.15) is 5.56 Å². The maximum atomic E-state index is 12.2. The maximum Gasteiger partial charge on any atom is 0.329 e. The lowest BCUT2D eigenvalue weighted by Crippen LogP contribution is -2.32. The Labute approximate surface area is 211 Å². The zero-order valence-corrected chi connectivity index (χ0v) is 19.9. The Kier molecular flexibility index (Phi) is 7.45. The van der Waals surface area contributed by atoms with Gasteiger partial charge in [-0.15, -0.1) is 0 Å². The summed E-state index contributed by atoms with van der Waals surface area (Å²) in [4.78, 5) is 24.4. The van der Waals surface area contributed by atoms with Crippen LogP contribution in [-0.2, 0) is 9.59 Å². The molecule has 0 unspecified atom stereocenters. The summed E-state index contributed by atoms with van der Waals surface area (Å²) >= 11 is 11.8. The third-order valence-electron chi connectivity index (χ3n) is 4.88. The van der Waals surface area contributed by atoms with E-state index in [2.05, 4.69) is 20.9 Å². The lowest BCUT2D eigenvalue weighted by Gasteiger charge is -2.05. The molecular formula is C25H19Cl2N5O3. The number of methoxy groups -OCH3 is 1. The molecule has 0 fully saturated rings. The molecular weight excluding hydrogens is 489 g/mol. The van der Waals surface area contributed by atoms with Crippen LogP contribution in [0.2, 0.25) is 10.0 Å². The lowest BCUT2D eigenvalue weighted by atomic mass is 10.1. The number of ether oxygens (including phenoxy) is 1. The van der Waals surface area contributed by atoms with Crippen LogP contribution in [-0.4, -0.2) is 34.9 Å². The molecule has 1 aromatic heterocycles. The van der Waals surface area contributed by atoms with Crippen LogP contribution in [0.25, 0.3) is 16.9 Å². The lowest BCUT2D eigenvalue weighted by molar-refractivity contribution is -0.136. The highest BCUT2D eigenvalue weighted by Crippen LogP contribution is 2.26. The Hall–Kier alpha value is -4.14. The first-order chi connectivity index (χ1) is 16.9. The molecule has 0 saturated heterocycles. The van der Waals surface area contributed by atoms with Gasteiger partial charge in [-0.1, -0.05) is 41.4 Å². The molecule has 0 atom stereocenters. The van der Waals surface area contributed by atoms with Crippen LogP contribution >= 0.6 is 23.2 Å². The van der Waals surface area contributed by atoms with E-state index < -0.39 is 11.8 Å². The molecule has 8 nitrogen and oxygen atoms in total. The van der Waals surface area contributed by atoms with Gasteiger partial charge in [0.15, 0.2) is 0 Å². The van der Waals surface area contributed by atoms with Gasteiger partial charge in [0.25, 0.3) is 0 Å². The molecule has 10 heteroatoms. The Morgan fingerprint density at radius 1 is 0.971 bits per heavy atom. The van der Waals surface area contributed by atoms with E-state index >= 15 is 0 Å². The number of nitrogens with one attached hydrogen (secondary N) is 2. The molecule has 0 bridgehead atoms. The third kappa shape index (κ3) is 5.87. The van der Waals surface area contributed by atoms with Crippen molar-refractivity contribution in [2.75, 3.05) is 12.4 Å². The summed E-state index contributed by atoms with van der Waals surface area (Å²) in [5, 5.41) is 11.7. The van der Waals surface area contributed by atoms with Crippen LogP contribution < -0.4 is 15.5 Å². The number of nitrogens with zero attached hydrogens (tertiary/aromatic N) is 3. The fourth-order valence-electron chi connectivity index (χ4n) is 3.14. The molecule has 0 radical (unpaired) electrons. The molecule has 176 valence electrons. The standard InChI is InChI=1S/C25H19Cl2N5O3/c1-35-20-10-7-16(8-11-20)23-17(15-32(31-23)19-5-3-2-4-6-19)14-28-30-25(34)24(33)29-18-9-12-21(26)22(27)13-18/h2-15H,1H3,(H,29,33)(H,30,34)/b28-14-. The quantitative estimate of drug-likeness (QED) is 0.219. The van der Waals surface area contributed by atoms with Gasteiger partial charge < -0.3 is 10.1 Å². The van der Waals surface area contributed by atoms with Crippen LogP contribution in [0.3, 0.4) is 0 Å². The zero-order valence-electron chi connectivity index (χ0n) is 18.4. The van der Waals surface area contributed by atoms with Crippen molar-refractivity contribution in [1.82, 2.24) is 15.2 Å². The van der Waals surface area contributed by atoms with E-state index in [1.54, 1.807) is 18.0 Å². The number of amides is 2. The van der Waals surface area contributed by atoms with Gasteiger partial charge in [-0.25, -0.2) is 10.1 Å². The van der Waals surface area contributed by atoms with Crippen LogP contribution in [0.5, 0.6) is 5.75 Å². The van der Waals surface area contributed by atoms with E-state index in [1.165, 1.54) is 24.4 Å². The molecule has 0 aliphatic heterocycles. The molecule has 1 heterocycles. The number of halogens is 2. The molecule has 4 rings (SSSR count). The zero-order chi connectivity index (χ0) is 24.8. The van der Waals surface area contributed by atoms with Crippen LogP contribution in [0, 0.1) is 0 Å². The number of para-hydroxylation sites is 1. The van der Waals surface area contributed by atoms with Gasteiger partial charge in [0.05, 0.1) is 29.1 Å². The summed E-state index contributed by atoms with van der Waals surface area (Å²) in [5.74, 6) is -1.14. The van der Waals surface area contributed by atoms with Crippen molar-refractivity contribution < 1.29 is 14.3 Å². The second-order valence-corrected chi connectivity index (χ2v) is 8.04. The van der Waals surface area contributed by atoms with Gasteiger partial charge in [-0.05, 0) is 54.6 Å². The molecule has 2 N–H and O–H groups in total. The summed E-state index contributed by atoms with van der Waals surface area (Å²) in [6, 6.07) is 21.4. The van der Waals surface area contributed by atoms with Crippen LogP contribution in [0.15, 0.2) is 84.1 Å². The van der Waals surface area contributed by atoms with Crippen LogP contribution in [0.4, 0.5) is 5.69 Å². The number of carbonyl (C=O) groups is 2. The van der Waals surface area contributed by atoms with Gasteiger partial charge in [-0.2, -0.15) is 10.2 Å². The normalized spacial score (nSPS) is 10.8. The van der Waals surface area contributed by atoms with E-state index in [9.17, 15) is 9.59 Å². The van der Waals surface area contributed by atoms with Crippen molar-refractivity contribution in [3.63, 3.8) is 0 Å². The van der Waals surface area contributed by atoms with Crippen molar-refractivity contribution in [3.05, 3.63) is 94.6 Å². The average molecular weight is 508 g/mol. The first-order valence-electron chi connectivity index (χ1n) is 10.3. The first kappa shape index (κ1) is 24.0. The second-order valence-electron chi connectivity index (χ2n) is 7.22. The summed E-state index contributed by atoms with van der Waals surface area (Å²) < 4.78 is 6.94. The Bertz CT molecular complexity index is 1390. The van der Waals surface area contributed by atoms with Crippen molar-refractivity contribution in [3.8, 4) is 22.7 Å². The molecule has 0 saturated carbocycles. The molecule has 35 heavy (non-hydrogen) atoms. The summed E-state index contributed by atoms with van der Waals surface area (Å²) in [5.41, 5.74) is 5.49. The molecule has 0 aliphatic carbocycles. The molecule has 4 aromatic rings. The highest BCUT2D eigenvalue weighted by molar-refractivity contribution is 6.43. The number of hydrogen-bond acceptors (Lipinski definition) is 5. The summed E-state index contributed by atoms with van der Waals surface area (Å²) in [7, 11) is 1.59. The van der Waals surface area contributed by atoms with Gasteiger partial charge in [0.2, 0.25) is 0 Å². The minimum Gasteiger partial charge on any atom is -0.497 e. The molecule has 3 aromatic carbocycles. The third-order valence-corrected chi connectivity index (χ3v) is 5.62. The second kappa shape index (κ2) is 10.9. The van der Waals surface area contributed by atoms with Gasteiger partial charge in [0.1, 0.15) is 11.4 Å².